The van der Waals surface area contributed by atoms with Crippen molar-refractivity contribution in [3.63, 3.8) is 0 Å². The zero-order valence-corrected chi connectivity index (χ0v) is 20.3. The third kappa shape index (κ3) is 4.98. The minimum atomic E-state index is -0.341. The molecule has 1 aromatic carbocycles. The van der Waals surface area contributed by atoms with Gasteiger partial charge in [0, 0.05) is 41.2 Å². The molecule has 1 amide bonds. The number of aromatic nitrogens is 2. The Morgan fingerprint density at radius 3 is 2.85 bits per heavy atom. The number of esters is 1. The van der Waals surface area contributed by atoms with Crippen LogP contribution >= 0.6 is 11.3 Å². The van der Waals surface area contributed by atoms with Crippen LogP contribution in [-0.2, 0) is 17.7 Å². The summed E-state index contributed by atoms with van der Waals surface area (Å²) in [4.78, 5) is 37.2. The standard InChI is InChI=1S/C26H30N4O3S/c1-33-26(32)25-29-22-16-30(15-12-23(22)34-25)14-11-17-7-9-18(10-8-17)28-24(31)20-4-2-6-21-19(20)5-3-13-27-21/h2-6,13,17-18H,7-12,14-16H2,1H3,(H,28,31)/t17-,18-. The van der Waals surface area contributed by atoms with E-state index in [9.17, 15) is 9.59 Å². The molecule has 0 unspecified atom stereocenters. The molecule has 0 saturated heterocycles. The van der Waals surface area contributed by atoms with Gasteiger partial charge in [0.1, 0.15) is 0 Å². The summed E-state index contributed by atoms with van der Waals surface area (Å²) >= 11 is 1.47. The van der Waals surface area contributed by atoms with Gasteiger partial charge < -0.3 is 10.1 Å². The van der Waals surface area contributed by atoms with E-state index in [0.29, 0.717) is 16.5 Å². The summed E-state index contributed by atoms with van der Waals surface area (Å²) in [5, 5.41) is 4.63. The molecule has 8 heteroatoms. The lowest BCUT2D eigenvalue weighted by atomic mass is 9.84. The van der Waals surface area contributed by atoms with Crippen LogP contribution in [0.5, 0.6) is 0 Å². The third-order valence-electron chi connectivity index (χ3n) is 7.09. The van der Waals surface area contributed by atoms with E-state index in [2.05, 4.69) is 20.2 Å². The highest BCUT2D eigenvalue weighted by atomic mass is 32.1. The number of carbonyl (C=O) groups excluding carboxylic acids is 2. The number of fused-ring (bicyclic) bond motifs is 2. The van der Waals surface area contributed by atoms with E-state index in [1.165, 1.54) is 29.7 Å². The number of ether oxygens (including phenoxy) is 1. The average Bonchev–Trinajstić information content (AvgIpc) is 3.31. The molecule has 0 atom stereocenters. The second-order valence-electron chi connectivity index (χ2n) is 9.26. The fraction of sp³-hybridized carbons (Fsp3) is 0.462. The highest BCUT2D eigenvalue weighted by Gasteiger charge is 2.26. The van der Waals surface area contributed by atoms with Gasteiger partial charge in [0.05, 0.1) is 18.3 Å². The second kappa shape index (κ2) is 10.2. The number of carbonyl (C=O) groups is 2. The Bertz CT molecular complexity index is 1180. The fourth-order valence-electron chi connectivity index (χ4n) is 5.14. The molecule has 2 aliphatic rings. The second-order valence-corrected chi connectivity index (χ2v) is 10.3. The van der Waals surface area contributed by atoms with Crippen LogP contribution in [0, 0.1) is 5.92 Å². The van der Waals surface area contributed by atoms with Gasteiger partial charge in [0.25, 0.3) is 5.91 Å². The smallest absolute Gasteiger partial charge is 0.367 e. The van der Waals surface area contributed by atoms with Crippen LogP contribution in [0.2, 0.25) is 0 Å². The molecule has 1 aliphatic carbocycles. The van der Waals surface area contributed by atoms with Gasteiger partial charge in [-0.05, 0) is 69.2 Å². The van der Waals surface area contributed by atoms with Crippen LogP contribution in [0.15, 0.2) is 36.5 Å². The van der Waals surface area contributed by atoms with Crippen molar-refractivity contribution in [1.29, 1.82) is 0 Å². The van der Waals surface area contributed by atoms with Gasteiger partial charge in [-0.1, -0.05) is 12.1 Å². The predicted octanol–water partition coefficient (Wildman–Crippen LogP) is 4.21. The summed E-state index contributed by atoms with van der Waals surface area (Å²) in [6.07, 6.45) is 8.21. The van der Waals surface area contributed by atoms with Crippen molar-refractivity contribution in [2.24, 2.45) is 5.92 Å². The van der Waals surface area contributed by atoms with Crippen molar-refractivity contribution < 1.29 is 14.3 Å². The van der Waals surface area contributed by atoms with Gasteiger partial charge in [-0.2, -0.15) is 0 Å². The summed E-state index contributed by atoms with van der Waals surface area (Å²) < 4.78 is 4.81. The monoisotopic (exact) mass is 478 g/mol. The van der Waals surface area contributed by atoms with E-state index in [-0.39, 0.29) is 17.9 Å². The number of nitrogens with zero attached hydrogens (tertiary/aromatic N) is 3. The Labute approximate surface area is 203 Å². The molecular formula is C26H30N4O3S. The summed E-state index contributed by atoms with van der Waals surface area (Å²) in [6.45, 7) is 2.88. The van der Waals surface area contributed by atoms with Crippen LogP contribution in [0.4, 0.5) is 0 Å². The summed E-state index contributed by atoms with van der Waals surface area (Å²) in [5.74, 6) is 0.352. The Morgan fingerprint density at radius 1 is 1.18 bits per heavy atom. The van der Waals surface area contributed by atoms with Crippen molar-refractivity contribution in [2.75, 3.05) is 20.2 Å². The number of hydrogen-bond acceptors (Lipinski definition) is 7. The lowest BCUT2D eigenvalue weighted by Gasteiger charge is -2.32. The maximum atomic E-state index is 12.9. The zero-order valence-electron chi connectivity index (χ0n) is 19.5. The Morgan fingerprint density at radius 2 is 2.03 bits per heavy atom. The van der Waals surface area contributed by atoms with Crippen molar-refractivity contribution in [1.82, 2.24) is 20.2 Å². The molecule has 3 aromatic rings. The zero-order chi connectivity index (χ0) is 23.5. The molecule has 34 heavy (non-hydrogen) atoms. The summed E-state index contributed by atoms with van der Waals surface area (Å²) in [7, 11) is 1.40. The highest BCUT2D eigenvalue weighted by molar-refractivity contribution is 7.13. The first-order valence-corrected chi connectivity index (χ1v) is 12.9. The van der Waals surface area contributed by atoms with Crippen LogP contribution in [0.1, 0.15) is 62.8 Å². The minimum absolute atomic E-state index is 0.000702. The highest BCUT2D eigenvalue weighted by Crippen LogP contribution is 2.30. The van der Waals surface area contributed by atoms with Crippen LogP contribution in [0.25, 0.3) is 10.9 Å². The maximum absolute atomic E-state index is 12.9. The largest absolute Gasteiger partial charge is 0.464 e. The van der Waals surface area contributed by atoms with Crippen molar-refractivity contribution in [3.8, 4) is 0 Å². The molecule has 5 rings (SSSR count). The van der Waals surface area contributed by atoms with E-state index in [0.717, 1.165) is 68.3 Å². The van der Waals surface area contributed by atoms with E-state index in [1.807, 2.05) is 30.3 Å². The van der Waals surface area contributed by atoms with Gasteiger partial charge in [-0.15, -0.1) is 11.3 Å². The Balaban J connectivity index is 1.09. The van der Waals surface area contributed by atoms with E-state index < -0.39 is 0 Å². The molecule has 7 nitrogen and oxygen atoms in total. The molecule has 3 heterocycles. The van der Waals surface area contributed by atoms with Gasteiger partial charge in [0.2, 0.25) is 5.01 Å². The van der Waals surface area contributed by atoms with Crippen molar-refractivity contribution in [3.05, 3.63) is 57.7 Å². The number of benzene rings is 1. The van der Waals surface area contributed by atoms with Crippen LogP contribution in [0.3, 0.4) is 0 Å². The van der Waals surface area contributed by atoms with Crippen LogP contribution < -0.4 is 5.32 Å². The number of hydrogen-bond donors (Lipinski definition) is 1. The molecule has 1 saturated carbocycles. The van der Waals surface area contributed by atoms with Gasteiger partial charge >= 0.3 is 5.97 Å². The quantitative estimate of drug-likeness (QED) is 0.534. The number of rotatable bonds is 6. The first-order valence-electron chi connectivity index (χ1n) is 12.0. The lowest BCUT2D eigenvalue weighted by Crippen LogP contribution is -2.38. The molecular weight excluding hydrogens is 448 g/mol. The molecule has 1 aliphatic heterocycles. The van der Waals surface area contributed by atoms with Gasteiger partial charge in [0.15, 0.2) is 0 Å². The predicted molar refractivity (Wildman–Crippen MR) is 132 cm³/mol. The van der Waals surface area contributed by atoms with Gasteiger partial charge in [-0.3, -0.25) is 14.7 Å². The molecule has 0 radical (unpaired) electrons. The number of methoxy groups -OCH3 is 1. The first kappa shape index (κ1) is 22.9. The maximum Gasteiger partial charge on any atom is 0.367 e. The summed E-state index contributed by atoms with van der Waals surface area (Å²) in [6, 6.07) is 9.78. The molecule has 178 valence electrons. The average molecular weight is 479 g/mol. The number of nitrogens with one attached hydrogen (secondary N) is 1. The SMILES string of the molecule is COC(=O)c1nc2c(s1)CCN(CC[C@H]1CC[C@H](NC(=O)c3cccc4ncccc34)CC1)C2. The Kier molecular flexibility index (Phi) is 6.87. The third-order valence-corrected chi connectivity index (χ3v) is 8.23. The van der Waals surface area contributed by atoms with E-state index >= 15 is 0 Å². The topological polar surface area (TPSA) is 84.4 Å². The molecule has 2 aromatic heterocycles. The fourth-order valence-corrected chi connectivity index (χ4v) is 6.12. The molecule has 1 fully saturated rings. The first-order chi connectivity index (χ1) is 16.6. The normalized spacial score (nSPS) is 20.6. The Hall–Kier alpha value is -2.84. The van der Waals surface area contributed by atoms with Crippen LogP contribution in [-0.4, -0.2) is 53.0 Å². The number of amides is 1. The lowest BCUT2D eigenvalue weighted by molar-refractivity contribution is 0.0599. The van der Waals surface area contributed by atoms with E-state index in [4.69, 9.17) is 4.74 Å². The summed E-state index contributed by atoms with van der Waals surface area (Å²) in [5.41, 5.74) is 2.59. The van der Waals surface area contributed by atoms with Gasteiger partial charge in [-0.25, -0.2) is 9.78 Å². The van der Waals surface area contributed by atoms with Crippen molar-refractivity contribution in [2.45, 2.75) is 51.1 Å². The molecule has 0 bridgehead atoms. The number of thiazole rings is 1. The minimum Gasteiger partial charge on any atom is -0.464 e. The molecule has 1 N–H and O–H groups in total. The van der Waals surface area contributed by atoms with Crippen molar-refractivity contribution >= 4 is 34.1 Å². The molecule has 0 spiro atoms. The van der Waals surface area contributed by atoms with E-state index in [1.54, 1.807) is 6.20 Å². The number of pyridine rings is 1.